The molecule has 1 aromatic heterocycles. The summed E-state index contributed by atoms with van der Waals surface area (Å²) in [7, 11) is 0. The van der Waals surface area contributed by atoms with Crippen LogP contribution in [-0.2, 0) is 14.3 Å². The van der Waals surface area contributed by atoms with E-state index in [-0.39, 0.29) is 12.6 Å². The lowest BCUT2D eigenvalue weighted by atomic mass is 10.1. The van der Waals surface area contributed by atoms with Crippen molar-refractivity contribution in [1.82, 2.24) is 5.32 Å². The fourth-order valence-electron chi connectivity index (χ4n) is 1.48. The van der Waals surface area contributed by atoms with Gasteiger partial charge in [0.25, 0.3) is 0 Å². The van der Waals surface area contributed by atoms with Gasteiger partial charge in [-0.3, -0.25) is 4.79 Å². The highest BCUT2D eigenvalue weighted by Gasteiger charge is 2.20. The molecule has 1 N–H and O–H groups in total. The van der Waals surface area contributed by atoms with Crippen LogP contribution in [-0.4, -0.2) is 18.5 Å². The topological polar surface area (TPSA) is 55.4 Å². The van der Waals surface area contributed by atoms with Gasteiger partial charge in [-0.1, -0.05) is 19.4 Å². The molecule has 0 fully saturated rings. The van der Waals surface area contributed by atoms with Crippen LogP contribution < -0.4 is 5.32 Å². The molecular weight excluding hydrogens is 238 g/mol. The highest BCUT2D eigenvalue weighted by Crippen LogP contribution is 2.22. The number of carbonyl (C=O) groups is 2. The van der Waals surface area contributed by atoms with Gasteiger partial charge in [-0.15, -0.1) is 11.3 Å². The molecular formula is C12H17NO3S. The molecule has 1 rings (SSSR count). The molecule has 0 spiro atoms. The molecule has 4 nitrogen and oxygen atoms in total. The van der Waals surface area contributed by atoms with Gasteiger partial charge in [0, 0.05) is 4.88 Å². The number of nitrogens with one attached hydrogen (secondary N) is 1. The van der Waals surface area contributed by atoms with Gasteiger partial charge in [-0.2, -0.15) is 0 Å². The van der Waals surface area contributed by atoms with Crippen molar-refractivity contribution in [2.45, 2.75) is 32.7 Å². The molecule has 1 amide bonds. The largest absolute Gasteiger partial charge is 0.459 e. The number of hydrogen-bond donors (Lipinski definition) is 1. The van der Waals surface area contributed by atoms with E-state index >= 15 is 0 Å². The number of thiophene rings is 1. The summed E-state index contributed by atoms with van der Waals surface area (Å²) >= 11 is 1.57. The van der Waals surface area contributed by atoms with Gasteiger partial charge in [-0.25, -0.2) is 4.79 Å². The zero-order valence-corrected chi connectivity index (χ0v) is 10.9. The fraction of sp³-hybridized carbons (Fsp3) is 0.500. The third-order valence-corrected chi connectivity index (χ3v) is 3.22. The number of hydrogen-bond acceptors (Lipinski definition) is 4. The van der Waals surface area contributed by atoms with Crippen LogP contribution in [0, 0.1) is 0 Å². The minimum absolute atomic E-state index is 0.100. The monoisotopic (exact) mass is 255 g/mol. The maximum Gasteiger partial charge on any atom is 0.396 e. The number of rotatable bonds is 5. The number of ether oxygens (including phenoxy) is 1. The van der Waals surface area contributed by atoms with Crippen molar-refractivity contribution in [3.63, 3.8) is 0 Å². The zero-order valence-electron chi connectivity index (χ0n) is 10.1. The summed E-state index contributed by atoms with van der Waals surface area (Å²) in [6, 6.07) is 3.78. The number of amides is 1. The summed E-state index contributed by atoms with van der Waals surface area (Å²) in [5.74, 6) is -1.48. The summed E-state index contributed by atoms with van der Waals surface area (Å²) < 4.78 is 4.65. The number of carbonyl (C=O) groups excluding carboxylic acids is 2. The quantitative estimate of drug-likeness (QED) is 0.648. The van der Waals surface area contributed by atoms with Crippen LogP contribution in [0.5, 0.6) is 0 Å². The highest BCUT2D eigenvalue weighted by atomic mass is 32.1. The molecule has 0 saturated carbocycles. The highest BCUT2D eigenvalue weighted by molar-refractivity contribution is 7.10. The normalized spacial score (nSPS) is 11.9. The van der Waals surface area contributed by atoms with Crippen LogP contribution in [0.1, 0.15) is 37.6 Å². The van der Waals surface area contributed by atoms with Gasteiger partial charge in [0.2, 0.25) is 0 Å². The van der Waals surface area contributed by atoms with Crippen molar-refractivity contribution >= 4 is 23.2 Å². The van der Waals surface area contributed by atoms with Crippen molar-refractivity contribution in [3.8, 4) is 0 Å². The molecule has 0 aliphatic carbocycles. The lowest BCUT2D eigenvalue weighted by Gasteiger charge is -2.15. The van der Waals surface area contributed by atoms with Gasteiger partial charge < -0.3 is 10.1 Å². The van der Waals surface area contributed by atoms with E-state index in [4.69, 9.17) is 0 Å². The third-order valence-electron chi connectivity index (χ3n) is 2.23. The van der Waals surface area contributed by atoms with Crippen molar-refractivity contribution in [3.05, 3.63) is 22.4 Å². The van der Waals surface area contributed by atoms with Gasteiger partial charge >= 0.3 is 11.9 Å². The average molecular weight is 255 g/mol. The van der Waals surface area contributed by atoms with E-state index in [0.717, 1.165) is 17.7 Å². The Morgan fingerprint density at radius 3 is 2.76 bits per heavy atom. The Labute approximate surface area is 105 Å². The molecule has 1 unspecified atom stereocenters. The summed E-state index contributed by atoms with van der Waals surface area (Å²) in [5, 5.41) is 4.65. The van der Waals surface area contributed by atoms with E-state index in [1.165, 1.54) is 0 Å². The van der Waals surface area contributed by atoms with E-state index in [1.807, 2.05) is 24.4 Å². The van der Waals surface area contributed by atoms with E-state index in [9.17, 15) is 9.59 Å². The van der Waals surface area contributed by atoms with Crippen molar-refractivity contribution < 1.29 is 14.3 Å². The first kappa shape index (κ1) is 13.7. The molecule has 1 atom stereocenters. The van der Waals surface area contributed by atoms with Crippen molar-refractivity contribution in [2.24, 2.45) is 0 Å². The second-order valence-corrected chi connectivity index (χ2v) is 4.53. The van der Waals surface area contributed by atoms with Crippen molar-refractivity contribution in [2.75, 3.05) is 6.61 Å². The van der Waals surface area contributed by atoms with Crippen LogP contribution in [0.2, 0.25) is 0 Å². The second kappa shape index (κ2) is 7.06. The van der Waals surface area contributed by atoms with Crippen LogP contribution in [0.25, 0.3) is 0 Å². The Balaban J connectivity index is 2.61. The Hall–Kier alpha value is -1.36. The van der Waals surface area contributed by atoms with Crippen LogP contribution in [0.3, 0.4) is 0 Å². The molecule has 17 heavy (non-hydrogen) atoms. The molecule has 0 bridgehead atoms. The van der Waals surface area contributed by atoms with Gasteiger partial charge in [0.15, 0.2) is 0 Å². The van der Waals surface area contributed by atoms with Crippen LogP contribution in [0.4, 0.5) is 0 Å². The predicted molar refractivity (Wildman–Crippen MR) is 66.7 cm³/mol. The van der Waals surface area contributed by atoms with Crippen molar-refractivity contribution in [1.29, 1.82) is 0 Å². The van der Waals surface area contributed by atoms with Gasteiger partial charge in [0.05, 0.1) is 12.6 Å². The Morgan fingerprint density at radius 2 is 2.24 bits per heavy atom. The molecule has 5 heteroatoms. The SMILES string of the molecule is CCCC(NC(=O)C(=O)OCC)c1cccs1. The molecule has 0 aromatic carbocycles. The lowest BCUT2D eigenvalue weighted by Crippen LogP contribution is -2.35. The smallest absolute Gasteiger partial charge is 0.396 e. The minimum atomic E-state index is -0.815. The minimum Gasteiger partial charge on any atom is -0.459 e. The first-order valence-corrected chi connectivity index (χ1v) is 6.58. The van der Waals surface area contributed by atoms with Crippen LogP contribution >= 0.6 is 11.3 Å². The summed E-state index contributed by atoms with van der Waals surface area (Å²) in [4.78, 5) is 23.8. The number of esters is 1. The Bertz CT molecular complexity index is 362. The molecule has 1 aromatic rings. The van der Waals surface area contributed by atoms with E-state index in [2.05, 4.69) is 10.1 Å². The molecule has 0 aliphatic rings. The van der Waals surface area contributed by atoms with Gasteiger partial charge in [0.1, 0.15) is 0 Å². The molecule has 0 saturated heterocycles. The first-order valence-electron chi connectivity index (χ1n) is 5.70. The molecule has 1 heterocycles. The average Bonchev–Trinajstić information content (AvgIpc) is 2.82. The Morgan fingerprint density at radius 1 is 1.47 bits per heavy atom. The molecule has 0 aliphatic heterocycles. The maximum atomic E-state index is 11.5. The third kappa shape index (κ3) is 4.19. The predicted octanol–water partition coefficient (Wildman–Crippen LogP) is 2.27. The zero-order chi connectivity index (χ0) is 12.7. The first-order chi connectivity index (χ1) is 8.19. The van der Waals surface area contributed by atoms with E-state index in [1.54, 1.807) is 18.3 Å². The standard InChI is InChI=1S/C12H17NO3S/c1-3-6-9(10-7-5-8-17-10)13-11(14)12(15)16-4-2/h5,7-9H,3-4,6H2,1-2H3,(H,13,14). The van der Waals surface area contributed by atoms with E-state index < -0.39 is 11.9 Å². The molecule has 0 radical (unpaired) electrons. The van der Waals surface area contributed by atoms with E-state index in [0.29, 0.717) is 0 Å². The molecule has 94 valence electrons. The summed E-state index contributed by atoms with van der Waals surface area (Å²) in [5.41, 5.74) is 0. The fourth-order valence-corrected chi connectivity index (χ4v) is 2.29. The summed E-state index contributed by atoms with van der Waals surface area (Å²) in [6.45, 7) is 3.93. The summed E-state index contributed by atoms with van der Waals surface area (Å²) in [6.07, 6.45) is 1.75. The maximum absolute atomic E-state index is 11.5. The van der Waals surface area contributed by atoms with Crippen LogP contribution in [0.15, 0.2) is 17.5 Å². The lowest BCUT2D eigenvalue weighted by molar-refractivity contribution is -0.154. The van der Waals surface area contributed by atoms with Gasteiger partial charge in [-0.05, 0) is 24.8 Å². The Kier molecular flexibility index (Phi) is 5.69. The second-order valence-electron chi connectivity index (χ2n) is 3.55.